The Bertz CT molecular complexity index is 1230. The van der Waals surface area contributed by atoms with Gasteiger partial charge in [-0.2, -0.15) is 6.07 Å². The second kappa shape index (κ2) is 15.7. The fourth-order valence-corrected chi connectivity index (χ4v) is 5.11. The minimum absolute atomic E-state index is 0.187. The second-order valence-corrected chi connectivity index (χ2v) is 10.4. The average molecular weight is 724 g/mol. The molecular formula is C29H39N7O3Os-2. The molecule has 3 aromatic rings. The number of fused-ring (bicyclic) bond motifs is 1. The number of likely N-dealkylation sites (tertiary alicyclic amines) is 1. The Morgan fingerprint density at radius 2 is 2.00 bits per heavy atom. The number of amides is 2. The first kappa shape index (κ1) is 31.5. The van der Waals surface area contributed by atoms with E-state index in [0.29, 0.717) is 24.4 Å². The summed E-state index contributed by atoms with van der Waals surface area (Å²) >= 11 is 0.611. The van der Waals surface area contributed by atoms with Crippen LogP contribution in [0.15, 0.2) is 36.7 Å². The zero-order chi connectivity index (χ0) is 29.1. The van der Waals surface area contributed by atoms with Crippen LogP contribution in [0.2, 0.25) is 0 Å². The van der Waals surface area contributed by atoms with Gasteiger partial charge in [-0.1, -0.05) is 6.07 Å². The third kappa shape index (κ3) is 9.02. The number of nitrogens with one attached hydrogen (secondary N) is 2. The molecule has 0 spiro atoms. The van der Waals surface area contributed by atoms with Crippen molar-refractivity contribution in [2.24, 2.45) is 0 Å². The molecule has 0 radical (unpaired) electrons. The van der Waals surface area contributed by atoms with Crippen molar-refractivity contribution in [2.45, 2.75) is 51.7 Å². The fourth-order valence-electron chi connectivity index (χ4n) is 5.11. The molecule has 5 rings (SSSR count). The Kier molecular flexibility index (Phi) is 12.4. The predicted molar refractivity (Wildman–Crippen MR) is 151 cm³/mol. The van der Waals surface area contributed by atoms with Gasteiger partial charge in [0.1, 0.15) is 6.10 Å². The molecule has 2 aromatic heterocycles. The molecule has 0 saturated carbocycles. The van der Waals surface area contributed by atoms with Crippen molar-refractivity contribution in [3.8, 4) is 17.0 Å². The number of ether oxygens (including phenoxy) is 1. The Labute approximate surface area is 247 Å². The maximum atomic E-state index is 11.6. The first-order chi connectivity index (χ1) is 19.3. The van der Waals surface area contributed by atoms with Gasteiger partial charge in [0.15, 0.2) is 6.03 Å². The molecule has 0 bridgehead atoms. The summed E-state index contributed by atoms with van der Waals surface area (Å²) in [6.45, 7) is 6.10. The summed E-state index contributed by atoms with van der Waals surface area (Å²) in [6.07, 6.45) is 11.7. The molecule has 11 heteroatoms. The molecule has 1 fully saturated rings. The molecule has 218 valence electrons. The number of hydrogen-bond donors (Lipinski definition) is 1. The molecule has 3 heterocycles. The predicted octanol–water partition coefficient (Wildman–Crippen LogP) is 4.73. The standard InChI is InChI=1S/C22H28N4O2.C7H12N3.O.Os/c1-14-12-15-4-3-5-18(15)21(25-22(23)27)20(14)16-6-9-24-19(13-16)28-17-7-10-26(2)11-8-17;1-9(2)6-7-10-5-3-4-8-10;;/h6,9,12-13,17H,3-5,7-8,10-11H2,1-2H3,(H3,23,24,25,27);3,5H,6-7H2,1-2H3;;/q;-1;;/p-1. The van der Waals surface area contributed by atoms with E-state index in [1.54, 1.807) is 6.20 Å². The minimum atomic E-state index is -0.780. The fraction of sp³-hybridized carbons (Fsp3) is 0.483. The molecule has 1 aromatic carbocycles. The van der Waals surface area contributed by atoms with E-state index in [-0.39, 0.29) is 6.10 Å². The zero-order valence-electron chi connectivity index (χ0n) is 23.7. The maximum absolute atomic E-state index is 11.6. The summed E-state index contributed by atoms with van der Waals surface area (Å²) in [5.41, 5.74) is 13.7. The van der Waals surface area contributed by atoms with Crippen LogP contribution in [0, 0.1) is 13.1 Å². The summed E-state index contributed by atoms with van der Waals surface area (Å²) in [5.74, 6) is 0.620. The van der Waals surface area contributed by atoms with Crippen LogP contribution in [0.5, 0.6) is 5.88 Å². The van der Waals surface area contributed by atoms with Crippen LogP contribution >= 0.6 is 0 Å². The van der Waals surface area contributed by atoms with E-state index in [0.717, 1.165) is 86.2 Å². The third-order valence-corrected chi connectivity index (χ3v) is 7.10. The summed E-state index contributed by atoms with van der Waals surface area (Å²) in [5, 5.41) is 6.73. The van der Waals surface area contributed by atoms with E-state index in [1.807, 2.05) is 43.2 Å². The van der Waals surface area contributed by atoms with Gasteiger partial charge in [-0.05, 0) is 99.7 Å². The van der Waals surface area contributed by atoms with Crippen LogP contribution in [-0.4, -0.2) is 77.5 Å². The van der Waals surface area contributed by atoms with Gasteiger partial charge < -0.3 is 35.4 Å². The van der Waals surface area contributed by atoms with Crippen LogP contribution in [0.25, 0.3) is 16.9 Å². The molecule has 1 aliphatic carbocycles. The van der Waals surface area contributed by atoms with E-state index >= 15 is 0 Å². The van der Waals surface area contributed by atoms with E-state index < -0.39 is 6.03 Å². The number of urea groups is 1. The van der Waals surface area contributed by atoms with Gasteiger partial charge in [0.25, 0.3) is 0 Å². The molecule has 2 amide bonds. The SMILES string of the molecule is CN(C)CCn1cc[c-]n1.Cc1cc2c(c(NC([NH-])=O)c1-c1ccnc(OC3CCN(C)CC3)c1)CCC2.[O]=[Os]. The van der Waals surface area contributed by atoms with Crippen LogP contribution in [0.1, 0.15) is 36.0 Å². The summed E-state index contributed by atoms with van der Waals surface area (Å²) in [7, 11) is 6.23. The number of aryl methyl sites for hydroxylation is 2. The summed E-state index contributed by atoms with van der Waals surface area (Å²) in [4.78, 5) is 20.4. The number of likely N-dealkylation sites (N-methyl/N-ethyl adjacent to an activating group) is 1. The van der Waals surface area contributed by atoms with Crippen molar-refractivity contribution in [3.05, 3.63) is 65.3 Å². The van der Waals surface area contributed by atoms with E-state index in [4.69, 9.17) is 14.0 Å². The Balaban J connectivity index is 0.000000309. The molecule has 0 unspecified atom stereocenters. The van der Waals surface area contributed by atoms with Crippen LogP contribution in [-0.2, 0) is 41.5 Å². The first-order valence-corrected chi connectivity index (χ1v) is 14.5. The number of hydrogen-bond acceptors (Lipinski definition) is 7. The molecule has 10 nitrogen and oxygen atoms in total. The molecule has 40 heavy (non-hydrogen) atoms. The summed E-state index contributed by atoms with van der Waals surface area (Å²) < 4.78 is 16.3. The summed E-state index contributed by atoms with van der Waals surface area (Å²) in [6, 6.07) is 7.16. The number of carbonyl (C=O) groups excluding carboxylic acids is 1. The van der Waals surface area contributed by atoms with Gasteiger partial charge in [0, 0.05) is 38.4 Å². The van der Waals surface area contributed by atoms with Crippen molar-refractivity contribution >= 4 is 11.7 Å². The normalized spacial score (nSPS) is 14.9. The van der Waals surface area contributed by atoms with E-state index in [9.17, 15) is 4.79 Å². The van der Waals surface area contributed by atoms with Crippen LogP contribution < -0.4 is 10.1 Å². The van der Waals surface area contributed by atoms with Gasteiger partial charge in [-0.25, -0.2) is 4.98 Å². The van der Waals surface area contributed by atoms with Gasteiger partial charge in [-0.15, -0.1) is 12.4 Å². The van der Waals surface area contributed by atoms with Crippen molar-refractivity contribution in [3.63, 3.8) is 0 Å². The molecule has 0 atom stereocenters. The first-order valence-electron chi connectivity index (χ1n) is 13.5. The Morgan fingerprint density at radius 3 is 2.65 bits per heavy atom. The molecular weight excluding hydrogens is 685 g/mol. The number of nitrogens with zero attached hydrogens (tertiary/aromatic N) is 5. The van der Waals surface area contributed by atoms with Crippen molar-refractivity contribution < 1.29 is 31.6 Å². The zero-order valence-corrected chi connectivity index (χ0v) is 26.3. The number of pyridine rings is 1. The number of anilines is 1. The molecule has 2 aliphatic rings. The molecule has 1 saturated heterocycles. The molecule has 2 N–H and O–H groups in total. The number of piperidine rings is 1. The van der Waals surface area contributed by atoms with Gasteiger partial charge in [-0.3, -0.25) is 4.79 Å². The monoisotopic (exact) mass is 725 g/mol. The van der Waals surface area contributed by atoms with Gasteiger partial charge in [0.2, 0.25) is 5.88 Å². The van der Waals surface area contributed by atoms with Crippen LogP contribution in [0.3, 0.4) is 0 Å². The number of benzene rings is 1. The van der Waals surface area contributed by atoms with Crippen molar-refractivity contribution in [1.29, 1.82) is 0 Å². The van der Waals surface area contributed by atoms with Crippen molar-refractivity contribution in [2.75, 3.05) is 46.1 Å². The van der Waals surface area contributed by atoms with E-state index in [1.165, 1.54) is 5.56 Å². The Morgan fingerprint density at radius 1 is 1.25 bits per heavy atom. The van der Waals surface area contributed by atoms with Crippen LogP contribution in [0.4, 0.5) is 10.5 Å². The Hall–Kier alpha value is -2.99. The molecule has 1 aliphatic heterocycles. The number of carbonyl (C=O) groups is 1. The number of rotatable bonds is 7. The second-order valence-electron chi connectivity index (χ2n) is 10.4. The topological polar surface area (TPSA) is 116 Å². The quantitative estimate of drug-likeness (QED) is 0.351. The number of aromatic nitrogens is 3. The van der Waals surface area contributed by atoms with Gasteiger partial charge in [0.05, 0.1) is 0 Å². The van der Waals surface area contributed by atoms with Gasteiger partial charge >= 0.3 is 22.1 Å². The van der Waals surface area contributed by atoms with Crippen molar-refractivity contribution in [1.82, 2.24) is 24.6 Å². The third-order valence-electron chi connectivity index (χ3n) is 7.10. The average Bonchev–Trinajstić information content (AvgIpc) is 3.63. The van der Waals surface area contributed by atoms with E-state index in [2.05, 4.69) is 51.4 Å².